The van der Waals surface area contributed by atoms with Crippen LogP contribution in [0.5, 0.6) is 0 Å². The van der Waals surface area contributed by atoms with E-state index in [1.165, 1.54) is 80.3 Å². The summed E-state index contributed by atoms with van der Waals surface area (Å²) >= 11 is 1.87. The van der Waals surface area contributed by atoms with E-state index >= 15 is 0 Å². The van der Waals surface area contributed by atoms with Crippen molar-refractivity contribution in [3.8, 4) is 44.5 Å². The highest BCUT2D eigenvalue weighted by atomic mass is 32.1. The summed E-state index contributed by atoms with van der Waals surface area (Å²) in [4.78, 5) is 4.94. The maximum Gasteiger partial charge on any atom is 0.0541 e. The molecule has 0 saturated heterocycles. The standard InChI is InChI=1S/C72H48N2S/c1-2-18-49(19-3-1)50-38-40-51(41-39-50)54-24-14-25-58(47-54)73(66-34-15-22-52-20-4-6-26-60(52)66)68-32-11-8-28-63(68)64-29-9-12-33-69(64)74(67-35-16-23-53-21-5-7-27-61(53)67)59-45-44-55-46-57(43-42-56(55)48-59)62-31-17-37-71-72(62)65-30-10-13-36-70(65)75-71/h1-48H. The Labute approximate surface area is 440 Å². The third-order valence-electron chi connectivity index (χ3n) is 14.8. The van der Waals surface area contributed by atoms with Crippen molar-refractivity contribution >= 4 is 98.0 Å². The molecule has 3 heteroatoms. The van der Waals surface area contributed by atoms with E-state index in [0.29, 0.717) is 0 Å². The summed E-state index contributed by atoms with van der Waals surface area (Å²) in [5.41, 5.74) is 16.0. The Hall–Kier alpha value is -9.54. The molecular weight excluding hydrogens is 925 g/mol. The van der Waals surface area contributed by atoms with Crippen molar-refractivity contribution in [3.05, 3.63) is 291 Å². The van der Waals surface area contributed by atoms with Gasteiger partial charge in [0.25, 0.3) is 0 Å². The normalized spacial score (nSPS) is 11.5. The smallest absolute Gasteiger partial charge is 0.0541 e. The van der Waals surface area contributed by atoms with Gasteiger partial charge in [0.15, 0.2) is 0 Å². The number of anilines is 6. The average Bonchev–Trinajstić information content (AvgIpc) is 3.89. The SMILES string of the molecule is c1ccc(-c2ccc(-c3cccc(N(c4ccccc4-c4ccccc4N(c4ccc5cc(-c6cccc7sc8ccccc8c67)ccc5c4)c4cccc5ccccc45)c4cccc5ccccc45)c3)cc2)cc1. The van der Waals surface area contributed by atoms with Gasteiger partial charge in [0, 0.05) is 53.4 Å². The van der Waals surface area contributed by atoms with Crippen LogP contribution >= 0.6 is 11.3 Å². The van der Waals surface area contributed by atoms with Crippen LogP contribution in [-0.2, 0) is 0 Å². The van der Waals surface area contributed by atoms with E-state index in [2.05, 4.69) is 301 Å². The fourth-order valence-electron chi connectivity index (χ4n) is 11.3. The number of nitrogens with zero attached hydrogens (tertiary/aromatic N) is 2. The van der Waals surface area contributed by atoms with Crippen molar-refractivity contribution in [1.82, 2.24) is 0 Å². The Morgan fingerprint density at radius 2 is 0.667 bits per heavy atom. The molecule has 2 nitrogen and oxygen atoms in total. The van der Waals surface area contributed by atoms with E-state index in [-0.39, 0.29) is 0 Å². The van der Waals surface area contributed by atoms with Crippen LogP contribution in [0.15, 0.2) is 291 Å². The summed E-state index contributed by atoms with van der Waals surface area (Å²) in [5, 5.41) is 9.76. The Morgan fingerprint density at radius 1 is 0.227 bits per heavy atom. The van der Waals surface area contributed by atoms with Crippen molar-refractivity contribution in [2.45, 2.75) is 0 Å². The van der Waals surface area contributed by atoms with Gasteiger partial charge in [0.05, 0.1) is 22.7 Å². The van der Waals surface area contributed by atoms with E-state index in [1.807, 2.05) is 11.3 Å². The van der Waals surface area contributed by atoms with E-state index in [9.17, 15) is 0 Å². The fourth-order valence-corrected chi connectivity index (χ4v) is 12.4. The molecule has 0 atom stereocenters. The van der Waals surface area contributed by atoms with Crippen molar-refractivity contribution in [1.29, 1.82) is 0 Å². The lowest BCUT2D eigenvalue weighted by Crippen LogP contribution is -2.14. The lowest BCUT2D eigenvalue weighted by atomic mass is 9.96. The van der Waals surface area contributed by atoms with Gasteiger partial charge in [-0.1, -0.05) is 224 Å². The molecule has 0 spiro atoms. The van der Waals surface area contributed by atoms with Crippen LogP contribution in [0.1, 0.15) is 0 Å². The summed E-state index contributed by atoms with van der Waals surface area (Å²) in [6, 6.07) is 107. The Balaban J connectivity index is 0.933. The number of fused-ring (bicyclic) bond motifs is 6. The molecule has 13 aromatic carbocycles. The van der Waals surface area contributed by atoms with Gasteiger partial charge in [-0.05, 0) is 122 Å². The van der Waals surface area contributed by atoms with E-state index in [0.717, 1.165) is 50.8 Å². The molecule has 0 amide bonds. The number of para-hydroxylation sites is 2. The van der Waals surface area contributed by atoms with Gasteiger partial charge < -0.3 is 9.80 Å². The molecule has 0 aliphatic carbocycles. The molecule has 0 fully saturated rings. The molecule has 0 bridgehead atoms. The molecule has 1 aromatic heterocycles. The van der Waals surface area contributed by atoms with Gasteiger partial charge in [0.2, 0.25) is 0 Å². The lowest BCUT2D eigenvalue weighted by Gasteiger charge is -2.32. The average molecular weight is 973 g/mol. The number of hydrogen-bond donors (Lipinski definition) is 0. The largest absolute Gasteiger partial charge is 0.309 e. The van der Waals surface area contributed by atoms with Crippen molar-refractivity contribution in [2.24, 2.45) is 0 Å². The predicted molar refractivity (Wildman–Crippen MR) is 323 cm³/mol. The highest BCUT2D eigenvalue weighted by Crippen LogP contribution is 2.50. The molecular formula is C72H48N2S. The topological polar surface area (TPSA) is 6.48 Å². The van der Waals surface area contributed by atoms with Gasteiger partial charge in [-0.2, -0.15) is 0 Å². The maximum atomic E-state index is 2.47. The minimum Gasteiger partial charge on any atom is -0.309 e. The van der Waals surface area contributed by atoms with Gasteiger partial charge in [-0.15, -0.1) is 11.3 Å². The van der Waals surface area contributed by atoms with Crippen LogP contribution in [0, 0.1) is 0 Å². The second-order valence-electron chi connectivity index (χ2n) is 19.2. The zero-order valence-corrected chi connectivity index (χ0v) is 41.8. The van der Waals surface area contributed by atoms with Gasteiger partial charge in [-0.25, -0.2) is 0 Å². The lowest BCUT2D eigenvalue weighted by molar-refractivity contribution is 1.28. The van der Waals surface area contributed by atoms with Crippen molar-refractivity contribution in [3.63, 3.8) is 0 Å². The minimum atomic E-state index is 1.07. The second kappa shape index (κ2) is 18.8. The maximum absolute atomic E-state index is 2.47. The summed E-state index contributed by atoms with van der Waals surface area (Å²) < 4.78 is 2.63. The highest BCUT2D eigenvalue weighted by molar-refractivity contribution is 7.25. The van der Waals surface area contributed by atoms with Gasteiger partial charge in [-0.3, -0.25) is 0 Å². The van der Waals surface area contributed by atoms with Crippen LogP contribution in [0.3, 0.4) is 0 Å². The van der Waals surface area contributed by atoms with Crippen LogP contribution in [0.2, 0.25) is 0 Å². The molecule has 0 N–H and O–H groups in total. The number of thiophene rings is 1. The summed E-state index contributed by atoms with van der Waals surface area (Å²) in [6.07, 6.45) is 0. The van der Waals surface area contributed by atoms with Crippen LogP contribution in [0.25, 0.3) is 97.0 Å². The van der Waals surface area contributed by atoms with E-state index in [4.69, 9.17) is 0 Å². The number of benzene rings is 13. The fraction of sp³-hybridized carbons (Fsp3) is 0. The molecule has 0 unspecified atom stereocenters. The van der Waals surface area contributed by atoms with Gasteiger partial charge in [0.1, 0.15) is 0 Å². The third kappa shape index (κ3) is 7.99. The quantitative estimate of drug-likeness (QED) is 0.135. The molecule has 0 aliphatic rings. The molecule has 14 rings (SSSR count). The third-order valence-corrected chi connectivity index (χ3v) is 16.0. The molecule has 0 saturated carbocycles. The molecule has 0 radical (unpaired) electrons. The van der Waals surface area contributed by atoms with Gasteiger partial charge >= 0.3 is 0 Å². The monoisotopic (exact) mass is 972 g/mol. The molecule has 75 heavy (non-hydrogen) atoms. The summed E-state index contributed by atoms with van der Waals surface area (Å²) in [6.45, 7) is 0. The first-order valence-electron chi connectivity index (χ1n) is 25.6. The first-order chi connectivity index (χ1) is 37.2. The molecule has 352 valence electrons. The molecule has 1 heterocycles. The summed E-state index contributed by atoms with van der Waals surface area (Å²) in [5.74, 6) is 0. The van der Waals surface area contributed by atoms with E-state index < -0.39 is 0 Å². The zero-order chi connectivity index (χ0) is 49.7. The summed E-state index contributed by atoms with van der Waals surface area (Å²) in [7, 11) is 0. The van der Waals surface area contributed by atoms with E-state index in [1.54, 1.807) is 0 Å². The number of rotatable bonds is 10. The first kappa shape index (κ1) is 44.2. The number of hydrogen-bond acceptors (Lipinski definition) is 3. The van der Waals surface area contributed by atoms with Crippen LogP contribution in [0.4, 0.5) is 34.1 Å². The molecule has 14 aromatic rings. The Bertz CT molecular complexity index is 4430. The minimum absolute atomic E-state index is 1.07. The first-order valence-corrected chi connectivity index (χ1v) is 26.5. The Morgan fingerprint density at radius 3 is 1.36 bits per heavy atom. The second-order valence-corrected chi connectivity index (χ2v) is 20.3. The molecule has 0 aliphatic heterocycles. The zero-order valence-electron chi connectivity index (χ0n) is 41.0. The van der Waals surface area contributed by atoms with Crippen molar-refractivity contribution < 1.29 is 0 Å². The predicted octanol–water partition coefficient (Wildman–Crippen LogP) is 21.1. The van der Waals surface area contributed by atoms with Crippen LogP contribution < -0.4 is 9.80 Å². The Kier molecular flexibility index (Phi) is 11.1. The van der Waals surface area contributed by atoms with Crippen molar-refractivity contribution in [2.75, 3.05) is 9.80 Å². The van der Waals surface area contributed by atoms with Crippen LogP contribution in [-0.4, -0.2) is 0 Å². The highest BCUT2D eigenvalue weighted by Gasteiger charge is 2.25.